The Kier molecular flexibility index (Phi) is 6.54. The van der Waals surface area contributed by atoms with Gasteiger partial charge in [0.15, 0.2) is 0 Å². The van der Waals surface area contributed by atoms with Crippen LogP contribution in [-0.4, -0.2) is 10.2 Å². The lowest BCUT2D eigenvalue weighted by molar-refractivity contribution is 0.475. The zero-order valence-electron chi connectivity index (χ0n) is 28.4. The second kappa shape index (κ2) is 11.4. The third kappa shape index (κ3) is 4.37. The summed E-state index contributed by atoms with van der Waals surface area (Å²) in [5.74, 6) is 0.514. The lowest BCUT2D eigenvalue weighted by Crippen LogP contribution is -2.30. The number of fused-ring (bicyclic) bond motifs is 7. The zero-order chi connectivity index (χ0) is 35.3. The summed E-state index contributed by atoms with van der Waals surface area (Å²) in [6.07, 6.45) is 0. The van der Waals surface area contributed by atoms with Crippen molar-refractivity contribution >= 4 is 64.4 Å². The molecule has 250 valence electrons. The molecule has 0 aliphatic heterocycles. The smallest absolute Gasteiger partial charge is 0.116 e. The topological polar surface area (TPSA) is 40.5 Å². The van der Waals surface area contributed by atoms with E-state index in [0.717, 1.165) is 32.7 Å². The van der Waals surface area contributed by atoms with Crippen molar-refractivity contribution in [1.82, 2.24) is 0 Å². The predicted molar refractivity (Wildman–Crippen MR) is 224 cm³/mol. The average Bonchev–Trinajstić information content (AvgIpc) is 3.91. The van der Waals surface area contributed by atoms with Gasteiger partial charge in [-0.3, -0.25) is 0 Å². The molecule has 0 atom stereocenters. The molecule has 0 radical (unpaired) electrons. The molecule has 0 saturated carbocycles. The van der Waals surface area contributed by atoms with E-state index < -0.39 is 5.41 Å². The Bertz CT molecular complexity index is 2900. The SMILES string of the molecule is Oc1ccc2cc(C3(c4ccc5cc(O)ccc5c4)c4c(cccc4-c4csc5ccccc45)-c4cccc(-c5csc6ccccc56)c43)ccc2c1. The fourth-order valence-electron chi connectivity index (χ4n) is 8.98. The van der Waals surface area contributed by atoms with E-state index in [1.165, 1.54) is 64.7 Å². The van der Waals surface area contributed by atoms with Gasteiger partial charge in [-0.05, 0) is 125 Å². The van der Waals surface area contributed by atoms with Crippen molar-refractivity contribution in [2.24, 2.45) is 0 Å². The maximum Gasteiger partial charge on any atom is 0.116 e. The van der Waals surface area contributed by atoms with Crippen LogP contribution in [0.2, 0.25) is 0 Å². The summed E-state index contributed by atoms with van der Waals surface area (Å²) in [6, 6.07) is 56.0. The second-order valence-corrected chi connectivity index (χ2v) is 15.8. The van der Waals surface area contributed by atoms with Crippen LogP contribution in [0.1, 0.15) is 22.3 Å². The fraction of sp³-hybridized carbons (Fsp3) is 0.0204. The quantitative estimate of drug-likeness (QED) is 0.191. The standard InChI is InChI=1S/C49H30O2S2/c50-35-21-17-29-23-33(19-15-31(29)25-35)49(34-20-16-32-26-36(51)22-18-30(32)24-34)47-39(9-5-11-41(47)43-27-52-45-13-3-1-7-37(43)45)40-10-6-12-42(48(40)49)44-28-53-46-14-4-2-8-38(44)46/h1-28,50-51H. The van der Waals surface area contributed by atoms with Crippen molar-refractivity contribution in [2.45, 2.75) is 5.41 Å². The molecule has 2 heterocycles. The van der Waals surface area contributed by atoms with Crippen LogP contribution in [0.25, 0.3) is 75.1 Å². The molecule has 2 aromatic heterocycles. The minimum Gasteiger partial charge on any atom is -0.508 e. The summed E-state index contributed by atoms with van der Waals surface area (Å²) in [5, 5.41) is 32.2. The minimum atomic E-state index is -0.748. The van der Waals surface area contributed by atoms with Gasteiger partial charge in [0.25, 0.3) is 0 Å². The van der Waals surface area contributed by atoms with E-state index in [-0.39, 0.29) is 11.5 Å². The second-order valence-electron chi connectivity index (χ2n) is 14.0. The van der Waals surface area contributed by atoms with Crippen molar-refractivity contribution in [1.29, 1.82) is 0 Å². The molecular formula is C49H30O2S2. The number of hydrogen-bond acceptors (Lipinski definition) is 4. The fourth-order valence-corrected chi connectivity index (χ4v) is 10.9. The first-order valence-electron chi connectivity index (χ1n) is 17.7. The summed E-state index contributed by atoms with van der Waals surface area (Å²) >= 11 is 3.59. The van der Waals surface area contributed by atoms with Crippen LogP contribution in [0.3, 0.4) is 0 Å². The van der Waals surface area contributed by atoms with Crippen LogP contribution in [0.5, 0.6) is 11.5 Å². The van der Waals surface area contributed by atoms with Crippen molar-refractivity contribution in [3.63, 3.8) is 0 Å². The molecule has 53 heavy (non-hydrogen) atoms. The number of hydrogen-bond donors (Lipinski definition) is 2. The molecule has 0 unspecified atom stereocenters. The Hall–Kier alpha value is -6.20. The summed E-state index contributed by atoms with van der Waals surface area (Å²) in [5.41, 5.74) is 11.5. The van der Waals surface area contributed by atoms with Crippen LogP contribution in [-0.2, 0) is 5.41 Å². The lowest BCUT2D eigenvalue weighted by atomic mass is 9.64. The molecule has 0 bridgehead atoms. The molecule has 0 spiro atoms. The zero-order valence-corrected chi connectivity index (χ0v) is 30.0. The van der Waals surface area contributed by atoms with Crippen molar-refractivity contribution < 1.29 is 10.2 Å². The summed E-state index contributed by atoms with van der Waals surface area (Å²) < 4.78 is 2.53. The summed E-state index contributed by atoms with van der Waals surface area (Å²) in [4.78, 5) is 0. The first-order chi connectivity index (χ1) is 26.1. The van der Waals surface area contributed by atoms with E-state index in [0.29, 0.717) is 0 Å². The molecule has 1 aliphatic rings. The summed E-state index contributed by atoms with van der Waals surface area (Å²) in [6.45, 7) is 0. The number of thiophene rings is 2. The number of phenolic OH excluding ortho intramolecular Hbond substituents is 2. The van der Waals surface area contributed by atoms with Gasteiger partial charge in [0.05, 0.1) is 5.41 Å². The Morgan fingerprint density at radius 2 is 0.755 bits per heavy atom. The van der Waals surface area contributed by atoms with Crippen molar-refractivity contribution in [3.05, 3.63) is 191 Å². The molecule has 0 amide bonds. The van der Waals surface area contributed by atoms with Crippen LogP contribution in [0.15, 0.2) is 168 Å². The maximum absolute atomic E-state index is 10.5. The van der Waals surface area contributed by atoms with E-state index in [2.05, 4.69) is 132 Å². The highest BCUT2D eigenvalue weighted by Crippen LogP contribution is 2.62. The molecule has 11 rings (SSSR count). The number of aromatic hydroxyl groups is 2. The third-order valence-corrected chi connectivity index (χ3v) is 13.2. The largest absolute Gasteiger partial charge is 0.508 e. The van der Waals surface area contributed by atoms with E-state index in [1.54, 1.807) is 34.8 Å². The van der Waals surface area contributed by atoms with Gasteiger partial charge < -0.3 is 10.2 Å². The average molecular weight is 715 g/mol. The molecule has 0 saturated heterocycles. The van der Waals surface area contributed by atoms with Crippen molar-refractivity contribution in [3.8, 4) is 44.9 Å². The Morgan fingerprint density at radius 3 is 1.23 bits per heavy atom. The van der Waals surface area contributed by atoms with Gasteiger partial charge in [0.2, 0.25) is 0 Å². The first kappa shape index (κ1) is 30.4. The van der Waals surface area contributed by atoms with Gasteiger partial charge in [-0.15, -0.1) is 22.7 Å². The Morgan fingerprint density at radius 1 is 0.358 bits per heavy atom. The van der Waals surface area contributed by atoms with Crippen LogP contribution in [0, 0.1) is 0 Å². The minimum absolute atomic E-state index is 0.257. The highest BCUT2D eigenvalue weighted by atomic mass is 32.1. The van der Waals surface area contributed by atoms with E-state index >= 15 is 0 Å². The highest BCUT2D eigenvalue weighted by Gasteiger charge is 2.49. The number of rotatable bonds is 4. The maximum atomic E-state index is 10.5. The van der Waals surface area contributed by atoms with Crippen LogP contribution >= 0.6 is 22.7 Å². The Labute approximate surface area is 314 Å². The Balaban J connectivity index is 1.35. The normalized spacial score (nSPS) is 13.2. The molecular weight excluding hydrogens is 685 g/mol. The monoisotopic (exact) mass is 714 g/mol. The molecule has 10 aromatic rings. The van der Waals surface area contributed by atoms with E-state index in [1.807, 2.05) is 24.3 Å². The van der Waals surface area contributed by atoms with Gasteiger partial charge >= 0.3 is 0 Å². The molecule has 2 nitrogen and oxygen atoms in total. The van der Waals surface area contributed by atoms with Gasteiger partial charge in [-0.2, -0.15) is 0 Å². The van der Waals surface area contributed by atoms with E-state index in [9.17, 15) is 10.2 Å². The predicted octanol–water partition coefficient (Wildman–Crippen LogP) is 13.5. The molecule has 2 N–H and O–H groups in total. The first-order valence-corrected chi connectivity index (χ1v) is 19.5. The molecule has 8 aromatic carbocycles. The molecule has 4 heteroatoms. The van der Waals surface area contributed by atoms with Gasteiger partial charge in [0.1, 0.15) is 11.5 Å². The third-order valence-electron chi connectivity index (χ3n) is 11.2. The van der Waals surface area contributed by atoms with Gasteiger partial charge in [0, 0.05) is 31.3 Å². The number of benzene rings is 8. The van der Waals surface area contributed by atoms with Crippen LogP contribution < -0.4 is 0 Å². The molecule has 0 fully saturated rings. The number of phenols is 2. The summed E-state index contributed by atoms with van der Waals surface area (Å²) in [7, 11) is 0. The van der Waals surface area contributed by atoms with Crippen molar-refractivity contribution in [2.75, 3.05) is 0 Å². The van der Waals surface area contributed by atoms with Gasteiger partial charge in [-0.25, -0.2) is 0 Å². The molecule has 1 aliphatic carbocycles. The van der Waals surface area contributed by atoms with E-state index in [4.69, 9.17) is 0 Å². The van der Waals surface area contributed by atoms with Gasteiger partial charge in [-0.1, -0.05) is 109 Å². The van der Waals surface area contributed by atoms with Crippen LogP contribution in [0.4, 0.5) is 0 Å². The lowest BCUT2D eigenvalue weighted by Gasteiger charge is -2.37. The highest BCUT2D eigenvalue weighted by molar-refractivity contribution is 7.18.